The normalized spacial score (nSPS) is 15.5. The molecule has 0 atom stereocenters. The standard InChI is InChI=1S/C11H11ClFN.ClH/c12-10-3-1-2-9(11(10)13)8-4-6-14-7-5-8;/h1-4,14H,5-7H2;1H. The zero-order chi connectivity index (χ0) is 9.97. The van der Waals surface area contributed by atoms with E-state index < -0.39 is 0 Å². The molecule has 4 heteroatoms. The van der Waals surface area contributed by atoms with E-state index in [1.165, 1.54) is 0 Å². The van der Waals surface area contributed by atoms with Gasteiger partial charge in [0.05, 0.1) is 5.02 Å². The Labute approximate surface area is 99.7 Å². The van der Waals surface area contributed by atoms with Crippen molar-refractivity contribution in [1.29, 1.82) is 0 Å². The van der Waals surface area contributed by atoms with Gasteiger partial charge < -0.3 is 5.32 Å². The smallest absolute Gasteiger partial charge is 0.149 e. The second-order valence-electron chi connectivity index (χ2n) is 3.28. The molecule has 0 radical (unpaired) electrons. The minimum Gasteiger partial charge on any atom is -0.313 e. The third kappa shape index (κ3) is 2.71. The predicted octanol–water partition coefficient (Wildman–Crippen LogP) is 3.28. The third-order valence-corrected chi connectivity index (χ3v) is 2.65. The Hall–Kier alpha value is -0.570. The zero-order valence-electron chi connectivity index (χ0n) is 8.09. The van der Waals surface area contributed by atoms with E-state index in [1.54, 1.807) is 18.2 Å². The summed E-state index contributed by atoms with van der Waals surface area (Å²) in [5.74, 6) is -0.303. The molecule has 0 saturated carbocycles. The predicted molar refractivity (Wildman–Crippen MR) is 64.1 cm³/mol. The summed E-state index contributed by atoms with van der Waals surface area (Å²) in [7, 11) is 0. The van der Waals surface area contributed by atoms with Crippen LogP contribution >= 0.6 is 24.0 Å². The summed E-state index contributed by atoms with van der Waals surface area (Å²) in [5, 5.41) is 3.38. The maximum atomic E-state index is 13.6. The van der Waals surface area contributed by atoms with E-state index in [2.05, 4.69) is 5.32 Å². The van der Waals surface area contributed by atoms with Crippen LogP contribution in [0.3, 0.4) is 0 Å². The molecular weight excluding hydrogens is 236 g/mol. The monoisotopic (exact) mass is 247 g/mol. The van der Waals surface area contributed by atoms with Crippen LogP contribution in [0.2, 0.25) is 5.02 Å². The molecule has 2 rings (SSSR count). The number of hydrogen-bond acceptors (Lipinski definition) is 1. The minimum absolute atomic E-state index is 0. The van der Waals surface area contributed by atoms with E-state index in [9.17, 15) is 4.39 Å². The van der Waals surface area contributed by atoms with E-state index in [-0.39, 0.29) is 23.2 Å². The molecule has 0 unspecified atom stereocenters. The van der Waals surface area contributed by atoms with Crippen molar-refractivity contribution in [3.8, 4) is 0 Å². The maximum Gasteiger partial charge on any atom is 0.149 e. The average molecular weight is 248 g/mol. The van der Waals surface area contributed by atoms with E-state index >= 15 is 0 Å². The van der Waals surface area contributed by atoms with Gasteiger partial charge in [0.15, 0.2) is 0 Å². The van der Waals surface area contributed by atoms with Crippen molar-refractivity contribution < 1.29 is 4.39 Å². The summed E-state index contributed by atoms with van der Waals surface area (Å²) in [6.07, 6.45) is 2.87. The quantitative estimate of drug-likeness (QED) is 0.804. The first-order valence-corrected chi connectivity index (χ1v) is 5.01. The van der Waals surface area contributed by atoms with E-state index in [4.69, 9.17) is 11.6 Å². The topological polar surface area (TPSA) is 12.0 Å². The molecule has 0 amide bonds. The van der Waals surface area contributed by atoms with Crippen LogP contribution in [-0.4, -0.2) is 13.1 Å². The molecule has 1 heterocycles. The highest BCUT2D eigenvalue weighted by Crippen LogP contribution is 2.26. The van der Waals surface area contributed by atoms with Crippen LogP contribution in [0.5, 0.6) is 0 Å². The number of halogens is 3. The molecule has 0 fully saturated rings. The largest absolute Gasteiger partial charge is 0.313 e. The second-order valence-corrected chi connectivity index (χ2v) is 3.69. The van der Waals surface area contributed by atoms with Crippen LogP contribution in [0.25, 0.3) is 5.57 Å². The molecule has 1 aromatic carbocycles. The van der Waals surface area contributed by atoms with Crippen molar-refractivity contribution in [2.24, 2.45) is 0 Å². The molecule has 0 spiro atoms. The van der Waals surface area contributed by atoms with Crippen molar-refractivity contribution in [2.75, 3.05) is 13.1 Å². The highest BCUT2D eigenvalue weighted by atomic mass is 35.5. The van der Waals surface area contributed by atoms with Gasteiger partial charge in [0.1, 0.15) is 5.82 Å². The Bertz CT molecular complexity index is 377. The first-order chi connectivity index (χ1) is 6.79. The lowest BCUT2D eigenvalue weighted by Gasteiger charge is -2.15. The first-order valence-electron chi connectivity index (χ1n) is 4.63. The average Bonchev–Trinajstić information content (AvgIpc) is 2.23. The Morgan fingerprint density at radius 2 is 2.13 bits per heavy atom. The van der Waals surface area contributed by atoms with Crippen molar-refractivity contribution in [3.05, 3.63) is 40.7 Å². The molecule has 1 nitrogen and oxygen atoms in total. The number of benzene rings is 1. The van der Waals surface area contributed by atoms with E-state index in [1.807, 2.05) is 6.08 Å². The van der Waals surface area contributed by atoms with Gasteiger partial charge in [-0.05, 0) is 24.6 Å². The summed E-state index contributed by atoms with van der Waals surface area (Å²) in [6.45, 7) is 1.71. The van der Waals surface area contributed by atoms with Gasteiger partial charge in [-0.2, -0.15) is 0 Å². The van der Waals surface area contributed by atoms with E-state index in [0.29, 0.717) is 5.56 Å². The fraction of sp³-hybridized carbons (Fsp3) is 0.273. The first kappa shape index (κ1) is 12.5. The van der Waals surface area contributed by atoms with Crippen LogP contribution in [-0.2, 0) is 0 Å². The lowest BCUT2D eigenvalue weighted by Crippen LogP contribution is -2.20. The molecule has 1 aliphatic heterocycles. The van der Waals surface area contributed by atoms with Crippen LogP contribution in [0.15, 0.2) is 24.3 Å². The van der Waals surface area contributed by atoms with Gasteiger partial charge >= 0.3 is 0 Å². The Kier molecular flexibility index (Phi) is 4.58. The summed E-state index contributed by atoms with van der Waals surface area (Å²) < 4.78 is 13.6. The third-order valence-electron chi connectivity index (χ3n) is 2.36. The zero-order valence-corrected chi connectivity index (χ0v) is 9.67. The van der Waals surface area contributed by atoms with Crippen molar-refractivity contribution in [1.82, 2.24) is 5.32 Å². The van der Waals surface area contributed by atoms with Gasteiger partial charge in [0.2, 0.25) is 0 Å². The minimum atomic E-state index is -0.303. The molecule has 0 aromatic heterocycles. The van der Waals surface area contributed by atoms with Gasteiger partial charge in [0.25, 0.3) is 0 Å². The van der Waals surface area contributed by atoms with Crippen molar-refractivity contribution in [3.63, 3.8) is 0 Å². The molecule has 0 saturated heterocycles. The van der Waals surface area contributed by atoms with Crippen LogP contribution < -0.4 is 5.32 Å². The van der Waals surface area contributed by atoms with Gasteiger partial charge in [0, 0.05) is 12.1 Å². The fourth-order valence-corrected chi connectivity index (χ4v) is 1.79. The van der Waals surface area contributed by atoms with Crippen molar-refractivity contribution >= 4 is 29.6 Å². The molecule has 0 bridgehead atoms. The van der Waals surface area contributed by atoms with Gasteiger partial charge in [-0.3, -0.25) is 0 Å². The Balaban J connectivity index is 0.00000112. The Morgan fingerprint density at radius 3 is 2.80 bits per heavy atom. The SMILES string of the molecule is Cl.Fc1c(Cl)cccc1C1=CCNCC1. The highest BCUT2D eigenvalue weighted by molar-refractivity contribution is 6.30. The second kappa shape index (κ2) is 5.50. The maximum absolute atomic E-state index is 13.6. The lowest BCUT2D eigenvalue weighted by atomic mass is 10.00. The van der Waals surface area contributed by atoms with Gasteiger partial charge in [-0.25, -0.2) is 4.39 Å². The van der Waals surface area contributed by atoms with Gasteiger partial charge in [-0.1, -0.05) is 29.8 Å². The summed E-state index contributed by atoms with van der Waals surface area (Å²) >= 11 is 5.72. The number of nitrogens with one attached hydrogen (secondary N) is 1. The van der Waals surface area contributed by atoms with Crippen LogP contribution in [0.1, 0.15) is 12.0 Å². The fourth-order valence-electron chi connectivity index (χ4n) is 1.62. The molecule has 1 aliphatic rings. The van der Waals surface area contributed by atoms with Crippen LogP contribution in [0, 0.1) is 5.82 Å². The molecule has 15 heavy (non-hydrogen) atoms. The summed E-state index contributed by atoms with van der Waals surface area (Å²) in [5.41, 5.74) is 1.68. The van der Waals surface area contributed by atoms with Crippen molar-refractivity contribution in [2.45, 2.75) is 6.42 Å². The highest BCUT2D eigenvalue weighted by Gasteiger charge is 2.12. The molecule has 1 N–H and O–H groups in total. The van der Waals surface area contributed by atoms with Crippen LogP contribution in [0.4, 0.5) is 4.39 Å². The lowest BCUT2D eigenvalue weighted by molar-refractivity contribution is 0.621. The Morgan fingerprint density at radius 1 is 1.33 bits per heavy atom. The number of rotatable bonds is 1. The number of hydrogen-bond donors (Lipinski definition) is 1. The summed E-state index contributed by atoms with van der Waals surface area (Å²) in [4.78, 5) is 0. The molecule has 82 valence electrons. The van der Waals surface area contributed by atoms with E-state index in [0.717, 1.165) is 25.1 Å². The summed E-state index contributed by atoms with van der Waals surface area (Å²) in [6, 6.07) is 5.13. The van der Waals surface area contributed by atoms with Gasteiger partial charge in [-0.15, -0.1) is 12.4 Å². The molecule has 0 aliphatic carbocycles. The molecular formula is C11H12Cl2FN. The molecule has 1 aromatic rings.